The van der Waals surface area contributed by atoms with Gasteiger partial charge in [-0.1, -0.05) is 11.8 Å². The fourth-order valence-corrected chi connectivity index (χ4v) is 1.69. The first-order chi connectivity index (χ1) is 9.08. The second kappa shape index (κ2) is 5.36. The first-order valence-electron chi connectivity index (χ1n) is 5.81. The average molecular weight is 256 g/mol. The summed E-state index contributed by atoms with van der Waals surface area (Å²) in [4.78, 5) is 33.3. The van der Waals surface area contributed by atoms with Gasteiger partial charge in [-0.05, 0) is 18.2 Å². The highest BCUT2D eigenvalue weighted by molar-refractivity contribution is 6.51. The average Bonchev–Trinajstić information content (AvgIpc) is 2.65. The van der Waals surface area contributed by atoms with E-state index in [9.17, 15) is 14.4 Å². The summed E-state index contributed by atoms with van der Waals surface area (Å²) in [6.45, 7) is 1.94. The number of nitrogens with one attached hydrogen (secondary N) is 2. The van der Waals surface area contributed by atoms with E-state index in [0.717, 1.165) is 0 Å². The lowest BCUT2D eigenvalue weighted by atomic mass is 10.1. The number of hydrogen-bond acceptors (Lipinski definition) is 3. The molecule has 5 nitrogen and oxygen atoms in total. The van der Waals surface area contributed by atoms with Crippen LogP contribution in [0.3, 0.4) is 0 Å². The summed E-state index contributed by atoms with van der Waals surface area (Å²) in [5.74, 6) is 4.56. The van der Waals surface area contributed by atoms with E-state index in [1.165, 1.54) is 6.92 Å². The molecule has 0 unspecified atom stereocenters. The molecule has 0 fully saturated rings. The van der Waals surface area contributed by atoms with Crippen LogP contribution < -0.4 is 10.6 Å². The van der Waals surface area contributed by atoms with Gasteiger partial charge in [0.2, 0.25) is 5.91 Å². The highest BCUT2D eigenvalue weighted by Crippen LogP contribution is 2.23. The van der Waals surface area contributed by atoms with Gasteiger partial charge in [0.1, 0.15) is 0 Å². The number of ketones is 1. The monoisotopic (exact) mass is 256 g/mol. The number of amides is 2. The summed E-state index contributed by atoms with van der Waals surface area (Å²) in [6, 6.07) is 5.00. The molecule has 2 rings (SSSR count). The number of carbonyl (C=O) groups excluding carboxylic acids is 3. The van der Waals surface area contributed by atoms with Crippen LogP contribution in [0.25, 0.3) is 0 Å². The lowest BCUT2D eigenvalue weighted by molar-refractivity contribution is -0.118. The van der Waals surface area contributed by atoms with Crippen LogP contribution in [0.15, 0.2) is 18.2 Å². The Morgan fingerprint density at radius 2 is 2.16 bits per heavy atom. The third-order valence-electron chi connectivity index (χ3n) is 2.58. The van der Waals surface area contributed by atoms with Crippen LogP contribution in [0.2, 0.25) is 0 Å². The largest absolute Gasteiger partial charge is 0.355 e. The van der Waals surface area contributed by atoms with Crippen molar-refractivity contribution in [3.05, 3.63) is 29.3 Å². The first kappa shape index (κ1) is 12.8. The maximum atomic E-state index is 11.5. The predicted molar refractivity (Wildman–Crippen MR) is 69.6 cm³/mol. The molecule has 0 bridgehead atoms. The molecular formula is C14H12N2O3. The fraction of sp³-hybridized carbons (Fsp3) is 0.214. The highest BCUT2D eigenvalue weighted by atomic mass is 16.2. The Balaban J connectivity index is 2.04. The molecule has 2 N–H and O–H groups in total. The smallest absolute Gasteiger partial charge is 0.296 e. The standard InChI is InChI=1S/C14H12N2O3/c1-9(17)15-7-3-2-4-10-5-6-12-11(8-10)13(18)14(19)16-12/h5-6,8H,3,7H2,1H3,(H,15,17)(H,16,18,19). The van der Waals surface area contributed by atoms with Crippen molar-refractivity contribution in [2.75, 3.05) is 11.9 Å². The molecule has 5 heteroatoms. The van der Waals surface area contributed by atoms with Gasteiger partial charge in [0.15, 0.2) is 0 Å². The minimum absolute atomic E-state index is 0.0884. The topological polar surface area (TPSA) is 75.3 Å². The number of hydrogen-bond donors (Lipinski definition) is 2. The summed E-state index contributed by atoms with van der Waals surface area (Å²) in [7, 11) is 0. The molecule has 2 amide bonds. The molecule has 19 heavy (non-hydrogen) atoms. The van der Waals surface area contributed by atoms with Crippen molar-refractivity contribution in [1.29, 1.82) is 0 Å². The SMILES string of the molecule is CC(=O)NCCC#Cc1ccc2c(c1)C(=O)C(=O)N2. The maximum Gasteiger partial charge on any atom is 0.296 e. The van der Waals surface area contributed by atoms with E-state index < -0.39 is 11.7 Å². The van der Waals surface area contributed by atoms with Crippen molar-refractivity contribution in [1.82, 2.24) is 5.32 Å². The number of Topliss-reactive ketones (excluding diaryl/α,β-unsaturated/α-hetero) is 1. The summed E-state index contributed by atoms with van der Waals surface area (Å²) < 4.78 is 0. The Labute approximate surface area is 110 Å². The molecule has 0 atom stereocenters. The number of carbonyl (C=O) groups is 3. The predicted octanol–water partition coefficient (Wildman–Crippen LogP) is 0.699. The molecule has 0 aromatic heterocycles. The van der Waals surface area contributed by atoms with Crippen LogP contribution in [-0.4, -0.2) is 24.1 Å². The van der Waals surface area contributed by atoms with Crippen LogP contribution in [0, 0.1) is 11.8 Å². The molecule has 1 aromatic rings. The zero-order valence-corrected chi connectivity index (χ0v) is 10.4. The number of rotatable bonds is 2. The van der Waals surface area contributed by atoms with E-state index in [2.05, 4.69) is 22.5 Å². The molecule has 96 valence electrons. The summed E-state index contributed by atoms with van der Waals surface area (Å²) in [6.07, 6.45) is 0.530. The van der Waals surface area contributed by atoms with E-state index in [1.807, 2.05) is 0 Å². The van der Waals surface area contributed by atoms with Crippen LogP contribution in [0.4, 0.5) is 5.69 Å². The summed E-state index contributed by atoms with van der Waals surface area (Å²) >= 11 is 0. The molecule has 0 saturated heterocycles. The number of fused-ring (bicyclic) bond motifs is 1. The van der Waals surface area contributed by atoms with Gasteiger partial charge in [0.05, 0.1) is 11.3 Å². The van der Waals surface area contributed by atoms with Gasteiger partial charge in [-0.2, -0.15) is 0 Å². The summed E-state index contributed by atoms with van der Waals surface area (Å²) in [5.41, 5.74) is 1.56. The Bertz CT molecular complexity index is 623. The summed E-state index contributed by atoms with van der Waals surface area (Å²) in [5, 5.41) is 5.12. The normalized spacial score (nSPS) is 12.3. The number of benzene rings is 1. The van der Waals surface area contributed by atoms with Crippen molar-refractivity contribution in [2.45, 2.75) is 13.3 Å². The van der Waals surface area contributed by atoms with Crippen molar-refractivity contribution < 1.29 is 14.4 Å². The molecule has 0 radical (unpaired) electrons. The van der Waals surface area contributed by atoms with Gasteiger partial charge in [-0.15, -0.1) is 0 Å². The number of anilines is 1. The molecule has 0 spiro atoms. The Kier molecular flexibility index (Phi) is 3.62. The van der Waals surface area contributed by atoms with Gasteiger partial charge < -0.3 is 10.6 Å². The van der Waals surface area contributed by atoms with Gasteiger partial charge in [-0.25, -0.2) is 0 Å². The molecule has 1 aliphatic rings. The first-order valence-corrected chi connectivity index (χ1v) is 5.81. The third-order valence-corrected chi connectivity index (χ3v) is 2.58. The van der Waals surface area contributed by atoms with Gasteiger partial charge in [-0.3, -0.25) is 14.4 Å². The van der Waals surface area contributed by atoms with E-state index in [0.29, 0.717) is 29.8 Å². The Morgan fingerprint density at radius 1 is 1.37 bits per heavy atom. The van der Waals surface area contributed by atoms with Crippen LogP contribution in [0.5, 0.6) is 0 Å². The third kappa shape index (κ3) is 2.99. The van der Waals surface area contributed by atoms with Crippen LogP contribution in [0.1, 0.15) is 29.3 Å². The van der Waals surface area contributed by atoms with Crippen LogP contribution >= 0.6 is 0 Å². The van der Waals surface area contributed by atoms with E-state index in [4.69, 9.17) is 0 Å². The molecule has 0 saturated carbocycles. The Morgan fingerprint density at radius 3 is 2.89 bits per heavy atom. The fourth-order valence-electron chi connectivity index (χ4n) is 1.69. The van der Waals surface area contributed by atoms with Gasteiger partial charge in [0, 0.05) is 25.5 Å². The zero-order valence-electron chi connectivity index (χ0n) is 10.4. The van der Waals surface area contributed by atoms with Crippen LogP contribution in [-0.2, 0) is 9.59 Å². The lowest BCUT2D eigenvalue weighted by Gasteiger charge is -1.97. The zero-order chi connectivity index (χ0) is 13.8. The Hall–Kier alpha value is -2.61. The quantitative estimate of drug-likeness (QED) is 0.464. The van der Waals surface area contributed by atoms with Gasteiger partial charge in [0.25, 0.3) is 11.7 Å². The van der Waals surface area contributed by atoms with Crippen molar-refractivity contribution in [3.8, 4) is 11.8 Å². The molecule has 0 aliphatic carbocycles. The molecule has 1 aromatic carbocycles. The second-order valence-electron chi connectivity index (χ2n) is 4.08. The molecule has 1 aliphatic heterocycles. The van der Waals surface area contributed by atoms with Crippen molar-refractivity contribution in [3.63, 3.8) is 0 Å². The minimum Gasteiger partial charge on any atom is -0.355 e. The van der Waals surface area contributed by atoms with E-state index >= 15 is 0 Å². The van der Waals surface area contributed by atoms with Gasteiger partial charge >= 0.3 is 0 Å². The minimum atomic E-state index is -0.606. The maximum absolute atomic E-state index is 11.5. The second-order valence-corrected chi connectivity index (χ2v) is 4.08. The molecule has 1 heterocycles. The lowest BCUT2D eigenvalue weighted by Crippen LogP contribution is -2.20. The van der Waals surface area contributed by atoms with Crippen molar-refractivity contribution >= 4 is 23.3 Å². The van der Waals surface area contributed by atoms with E-state index in [-0.39, 0.29) is 5.91 Å². The molecular weight excluding hydrogens is 244 g/mol. The highest BCUT2D eigenvalue weighted by Gasteiger charge is 2.27. The van der Waals surface area contributed by atoms with E-state index in [1.54, 1.807) is 18.2 Å². The van der Waals surface area contributed by atoms with Crippen molar-refractivity contribution in [2.24, 2.45) is 0 Å².